The summed E-state index contributed by atoms with van der Waals surface area (Å²) >= 11 is 0. The number of unbranched alkanes of at least 4 members (excludes halogenated alkanes) is 9. The van der Waals surface area contributed by atoms with Crippen LogP contribution in [-0.4, -0.2) is 66.3 Å². The predicted octanol–water partition coefficient (Wildman–Crippen LogP) is 2.38. The highest BCUT2D eigenvalue weighted by atomic mass is 16.7. The molecule has 0 bridgehead atoms. The van der Waals surface area contributed by atoms with Crippen LogP contribution in [0.25, 0.3) is 0 Å². The van der Waals surface area contributed by atoms with Gasteiger partial charge in [-0.25, -0.2) is 0 Å². The van der Waals surface area contributed by atoms with Crippen LogP contribution in [0.4, 0.5) is 0 Å². The molecule has 1 saturated heterocycles. The molecule has 6 nitrogen and oxygen atoms in total. The van der Waals surface area contributed by atoms with Gasteiger partial charge in [0.15, 0.2) is 6.29 Å². The van der Waals surface area contributed by atoms with E-state index in [1.807, 2.05) is 0 Å². The number of hydrogen-bond donors (Lipinski definition) is 3. The predicted molar refractivity (Wildman–Crippen MR) is 96.4 cm³/mol. The van der Waals surface area contributed by atoms with Crippen LogP contribution in [0.2, 0.25) is 0 Å². The van der Waals surface area contributed by atoms with Gasteiger partial charge in [-0.2, -0.15) is 0 Å². The summed E-state index contributed by atoms with van der Waals surface area (Å²) in [6.45, 7) is 2.44. The lowest BCUT2D eigenvalue weighted by Gasteiger charge is -2.41. The zero-order valence-electron chi connectivity index (χ0n) is 15.9. The summed E-state index contributed by atoms with van der Waals surface area (Å²) in [5, 5.41) is 29.5. The Hall–Kier alpha value is -0.240. The van der Waals surface area contributed by atoms with Gasteiger partial charge in [0.2, 0.25) is 0 Å². The second-order valence-corrected chi connectivity index (χ2v) is 6.96. The lowest BCUT2D eigenvalue weighted by atomic mass is 9.99. The second-order valence-electron chi connectivity index (χ2n) is 6.96. The van der Waals surface area contributed by atoms with E-state index in [0.717, 1.165) is 12.8 Å². The van der Waals surface area contributed by atoms with E-state index in [4.69, 9.17) is 14.2 Å². The zero-order valence-corrected chi connectivity index (χ0v) is 15.9. The minimum Gasteiger partial charge on any atom is -0.394 e. The Morgan fingerprint density at radius 1 is 0.840 bits per heavy atom. The first-order valence-corrected chi connectivity index (χ1v) is 9.92. The Kier molecular flexibility index (Phi) is 12.7. The lowest BCUT2D eigenvalue weighted by Crippen LogP contribution is -2.59. The lowest BCUT2D eigenvalue weighted by molar-refractivity contribution is -0.301. The topological polar surface area (TPSA) is 88.4 Å². The molecule has 0 spiro atoms. The number of aliphatic hydroxyl groups excluding tert-OH is 3. The first-order chi connectivity index (χ1) is 12.2. The maximum atomic E-state index is 10.2. The normalized spacial score (nSPS) is 29.9. The molecule has 3 unspecified atom stereocenters. The van der Waals surface area contributed by atoms with Crippen LogP contribution in [0.3, 0.4) is 0 Å². The molecule has 1 aliphatic rings. The summed E-state index contributed by atoms with van der Waals surface area (Å²) in [6, 6.07) is 0. The highest BCUT2D eigenvalue weighted by molar-refractivity contribution is 4.90. The van der Waals surface area contributed by atoms with Crippen LogP contribution >= 0.6 is 0 Å². The summed E-state index contributed by atoms with van der Waals surface area (Å²) < 4.78 is 16.1. The molecule has 0 aromatic heterocycles. The Bertz CT molecular complexity index is 312. The fourth-order valence-corrected chi connectivity index (χ4v) is 3.26. The Balaban J connectivity index is 2.10. The highest BCUT2D eigenvalue weighted by Gasteiger charge is 2.45. The summed E-state index contributed by atoms with van der Waals surface area (Å²) in [5.74, 6) is 0. The quantitative estimate of drug-likeness (QED) is 0.411. The van der Waals surface area contributed by atoms with Gasteiger partial charge in [0.05, 0.1) is 6.61 Å². The van der Waals surface area contributed by atoms with E-state index in [2.05, 4.69) is 6.92 Å². The van der Waals surface area contributed by atoms with E-state index < -0.39 is 30.7 Å². The molecule has 1 fully saturated rings. The third-order valence-electron chi connectivity index (χ3n) is 4.86. The van der Waals surface area contributed by atoms with Gasteiger partial charge >= 0.3 is 0 Å². The van der Waals surface area contributed by atoms with E-state index in [0.29, 0.717) is 6.61 Å². The van der Waals surface area contributed by atoms with Gasteiger partial charge in [-0.05, 0) is 6.42 Å². The first kappa shape index (κ1) is 22.8. The minimum absolute atomic E-state index is 0.285. The molecule has 0 radical (unpaired) electrons. The molecule has 0 saturated carbocycles. The molecular weight excluding hydrogens is 324 g/mol. The highest BCUT2D eigenvalue weighted by Crippen LogP contribution is 2.24. The number of ether oxygens (including phenoxy) is 3. The van der Waals surface area contributed by atoms with Crippen LogP contribution in [0, 0.1) is 0 Å². The molecule has 1 heterocycles. The smallest absolute Gasteiger partial charge is 0.186 e. The maximum Gasteiger partial charge on any atom is 0.186 e. The van der Waals surface area contributed by atoms with E-state index in [9.17, 15) is 15.3 Å². The molecule has 25 heavy (non-hydrogen) atoms. The molecule has 1 rings (SSSR count). The van der Waals surface area contributed by atoms with Gasteiger partial charge in [0.25, 0.3) is 0 Å². The molecule has 5 atom stereocenters. The Labute approximate surface area is 152 Å². The van der Waals surface area contributed by atoms with Crippen molar-refractivity contribution in [3.63, 3.8) is 0 Å². The molecule has 1 aliphatic heterocycles. The third-order valence-corrected chi connectivity index (χ3v) is 4.86. The van der Waals surface area contributed by atoms with E-state index >= 15 is 0 Å². The molecule has 0 aromatic rings. The van der Waals surface area contributed by atoms with Gasteiger partial charge in [0.1, 0.15) is 24.4 Å². The van der Waals surface area contributed by atoms with Gasteiger partial charge in [-0.1, -0.05) is 64.7 Å². The summed E-state index contributed by atoms with van der Waals surface area (Å²) in [7, 11) is 1.39. The molecule has 0 aromatic carbocycles. The molecular formula is C19H38O6. The number of rotatable bonds is 14. The molecule has 0 amide bonds. The van der Waals surface area contributed by atoms with Crippen molar-refractivity contribution < 1.29 is 29.5 Å². The largest absolute Gasteiger partial charge is 0.394 e. The van der Waals surface area contributed by atoms with Crippen LogP contribution < -0.4 is 0 Å². The van der Waals surface area contributed by atoms with Gasteiger partial charge in [0, 0.05) is 13.7 Å². The summed E-state index contributed by atoms with van der Waals surface area (Å²) in [4.78, 5) is 0. The number of aliphatic hydroxyl groups is 3. The van der Waals surface area contributed by atoms with Crippen molar-refractivity contribution in [3.8, 4) is 0 Å². The Morgan fingerprint density at radius 3 is 1.92 bits per heavy atom. The SMILES string of the molecule is CCCCCCCCCCCCO[C@@H]1C(CO)O[C@H](OC)C(O)C1O. The second kappa shape index (κ2) is 13.9. The molecule has 6 heteroatoms. The number of hydrogen-bond acceptors (Lipinski definition) is 6. The standard InChI is InChI=1S/C19H38O6/c1-3-4-5-6-7-8-9-10-11-12-13-24-18-15(14-20)25-19(23-2)17(22)16(18)21/h15-22H,3-14H2,1-2H3/t15?,16?,17?,18-,19+/m1/s1. The van der Waals surface area contributed by atoms with Crippen molar-refractivity contribution in [2.45, 2.75) is 102 Å². The van der Waals surface area contributed by atoms with E-state index in [1.54, 1.807) is 0 Å². The Morgan fingerprint density at radius 2 is 1.40 bits per heavy atom. The minimum atomic E-state index is -1.18. The van der Waals surface area contributed by atoms with E-state index in [-0.39, 0.29) is 6.61 Å². The van der Waals surface area contributed by atoms with Crippen molar-refractivity contribution in [2.75, 3.05) is 20.3 Å². The van der Waals surface area contributed by atoms with Gasteiger partial charge in [-0.3, -0.25) is 0 Å². The monoisotopic (exact) mass is 362 g/mol. The van der Waals surface area contributed by atoms with Crippen molar-refractivity contribution in [2.24, 2.45) is 0 Å². The van der Waals surface area contributed by atoms with Crippen molar-refractivity contribution in [3.05, 3.63) is 0 Å². The van der Waals surface area contributed by atoms with Gasteiger partial charge < -0.3 is 29.5 Å². The maximum absolute atomic E-state index is 10.2. The average Bonchev–Trinajstić information content (AvgIpc) is 2.63. The molecule has 3 N–H and O–H groups in total. The fraction of sp³-hybridized carbons (Fsp3) is 1.00. The van der Waals surface area contributed by atoms with Crippen molar-refractivity contribution in [1.29, 1.82) is 0 Å². The molecule has 150 valence electrons. The third kappa shape index (κ3) is 8.33. The van der Waals surface area contributed by atoms with Crippen LogP contribution in [0.5, 0.6) is 0 Å². The van der Waals surface area contributed by atoms with E-state index in [1.165, 1.54) is 58.5 Å². The van der Waals surface area contributed by atoms with Crippen molar-refractivity contribution in [1.82, 2.24) is 0 Å². The van der Waals surface area contributed by atoms with Crippen LogP contribution in [0.15, 0.2) is 0 Å². The fourth-order valence-electron chi connectivity index (χ4n) is 3.26. The summed E-state index contributed by atoms with van der Waals surface area (Å²) in [5.41, 5.74) is 0. The van der Waals surface area contributed by atoms with Crippen molar-refractivity contribution >= 4 is 0 Å². The average molecular weight is 363 g/mol. The molecule has 0 aliphatic carbocycles. The van der Waals surface area contributed by atoms with Crippen LogP contribution in [-0.2, 0) is 14.2 Å². The number of methoxy groups -OCH3 is 1. The van der Waals surface area contributed by atoms with Crippen LogP contribution in [0.1, 0.15) is 71.1 Å². The van der Waals surface area contributed by atoms with Gasteiger partial charge in [-0.15, -0.1) is 0 Å². The first-order valence-electron chi connectivity index (χ1n) is 9.92. The zero-order chi connectivity index (χ0) is 18.5. The summed E-state index contributed by atoms with van der Waals surface area (Å²) in [6.07, 6.45) is 7.77.